The molecule has 1 unspecified atom stereocenters. The second-order valence-electron chi connectivity index (χ2n) is 7.20. The minimum Gasteiger partial charge on any atom is -0.468 e. The van der Waals surface area contributed by atoms with Gasteiger partial charge in [-0.2, -0.15) is 0 Å². The van der Waals surface area contributed by atoms with Crippen molar-refractivity contribution in [3.63, 3.8) is 0 Å². The van der Waals surface area contributed by atoms with Crippen molar-refractivity contribution in [1.82, 2.24) is 10.2 Å². The van der Waals surface area contributed by atoms with E-state index in [9.17, 15) is 13.2 Å². The van der Waals surface area contributed by atoms with Crippen LogP contribution >= 0.6 is 0 Å². The Morgan fingerprint density at radius 2 is 1.80 bits per heavy atom. The third kappa shape index (κ3) is 5.28. The van der Waals surface area contributed by atoms with Crippen LogP contribution in [-0.2, 0) is 10.0 Å². The molecule has 3 aromatic rings. The molecule has 1 aromatic heterocycles. The maximum Gasteiger partial charge on any atom is 0.261 e. The molecule has 0 spiro atoms. The largest absolute Gasteiger partial charge is 0.468 e. The number of amides is 1. The topological polar surface area (TPSA) is 91.6 Å². The van der Waals surface area contributed by atoms with Gasteiger partial charge in [-0.15, -0.1) is 0 Å². The number of likely N-dealkylation sites (N-methyl/N-ethyl adjacent to an activating group) is 1. The van der Waals surface area contributed by atoms with Crippen molar-refractivity contribution in [3.8, 4) is 0 Å². The minimum absolute atomic E-state index is 0.0194. The summed E-state index contributed by atoms with van der Waals surface area (Å²) in [4.78, 5) is 14.6. The molecule has 0 fully saturated rings. The van der Waals surface area contributed by atoms with E-state index in [1.54, 1.807) is 36.6 Å². The van der Waals surface area contributed by atoms with Crippen molar-refractivity contribution in [2.45, 2.75) is 17.9 Å². The van der Waals surface area contributed by atoms with Crippen molar-refractivity contribution in [2.24, 2.45) is 0 Å². The fourth-order valence-electron chi connectivity index (χ4n) is 2.95. The van der Waals surface area contributed by atoms with Crippen LogP contribution in [0.4, 0.5) is 5.69 Å². The van der Waals surface area contributed by atoms with Crippen molar-refractivity contribution in [2.75, 3.05) is 25.4 Å². The smallest absolute Gasteiger partial charge is 0.261 e. The summed E-state index contributed by atoms with van der Waals surface area (Å²) in [5.74, 6) is 0.375. The van der Waals surface area contributed by atoms with Gasteiger partial charge in [0.05, 0.1) is 17.2 Å². The number of nitrogens with one attached hydrogen (secondary N) is 2. The van der Waals surface area contributed by atoms with Gasteiger partial charge in [-0.05, 0) is 63.5 Å². The summed E-state index contributed by atoms with van der Waals surface area (Å²) in [6.07, 6.45) is 1.59. The van der Waals surface area contributed by atoms with E-state index >= 15 is 0 Å². The van der Waals surface area contributed by atoms with E-state index < -0.39 is 10.0 Å². The lowest BCUT2D eigenvalue weighted by molar-refractivity contribution is 0.0939. The standard InChI is InChI=1S/C22H25N3O4S/c1-16-9-11-18(12-10-16)24-30(27,28)19-7-4-6-17(14-19)22(26)23-15-20(25(2)3)21-8-5-13-29-21/h4-14,20,24H,15H2,1-3H3,(H,23,26). The van der Waals surface area contributed by atoms with E-state index in [2.05, 4.69) is 10.0 Å². The summed E-state index contributed by atoms with van der Waals surface area (Å²) >= 11 is 0. The molecule has 8 heteroatoms. The second-order valence-corrected chi connectivity index (χ2v) is 8.89. The molecule has 0 saturated carbocycles. The zero-order valence-electron chi connectivity index (χ0n) is 17.1. The van der Waals surface area contributed by atoms with Crippen LogP contribution in [0.5, 0.6) is 0 Å². The highest BCUT2D eigenvalue weighted by Crippen LogP contribution is 2.19. The molecule has 0 aliphatic carbocycles. The number of carbonyl (C=O) groups is 1. The summed E-state index contributed by atoms with van der Waals surface area (Å²) in [7, 11) is -0.0313. The van der Waals surface area contributed by atoms with Crippen LogP contribution in [-0.4, -0.2) is 39.9 Å². The maximum absolute atomic E-state index is 12.7. The average molecular weight is 428 g/mol. The molecule has 30 heavy (non-hydrogen) atoms. The molecule has 2 N–H and O–H groups in total. The van der Waals surface area contributed by atoms with Crippen LogP contribution in [0.1, 0.15) is 27.7 Å². The normalized spacial score (nSPS) is 12.5. The lowest BCUT2D eigenvalue weighted by atomic mass is 10.2. The van der Waals surface area contributed by atoms with Gasteiger partial charge in [-0.3, -0.25) is 14.4 Å². The monoisotopic (exact) mass is 427 g/mol. The van der Waals surface area contributed by atoms with Crippen LogP contribution in [0, 0.1) is 6.92 Å². The molecular weight excluding hydrogens is 402 g/mol. The van der Waals surface area contributed by atoms with Crippen LogP contribution in [0.25, 0.3) is 0 Å². The first-order valence-corrected chi connectivity index (χ1v) is 10.9. The summed E-state index contributed by atoms with van der Waals surface area (Å²) < 4.78 is 33.4. The summed E-state index contributed by atoms with van der Waals surface area (Å²) in [5, 5.41) is 2.85. The first-order chi connectivity index (χ1) is 14.3. The Hall–Kier alpha value is -3.10. The van der Waals surface area contributed by atoms with Crippen LogP contribution in [0.3, 0.4) is 0 Å². The highest BCUT2D eigenvalue weighted by atomic mass is 32.2. The van der Waals surface area contributed by atoms with E-state index in [1.165, 1.54) is 12.1 Å². The number of nitrogens with zero attached hydrogens (tertiary/aromatic N) is 1. The summed E-state index contributed by atoms with van der Waals surface area (Å²) in [6, 6.07) is 16.5. The van der Waals surface area contributed by atoms with Crippen molar-refractivity contribution < 1.29 is 17.6 Å². The van der Waals surface area contributed by atoms with E-state index in [4.69, 9.17) is 4.42 Å². The van der Waals surface area contributed by atoms with Gasteiger partial charge in [0, 0.05) is 17.8 Å². The first kappa shape index (κ1) is 21.6. The maximum atomic E-state index is 12.7. The predicted octanol–water partition coefficient (Wildman–Crippen LogP) is 3.42. The molecule has 0 aliphatic heterocycles. The van der Waals surface area contributed by atoms with Gasteiger partial charge >= 0.3 is 0 Å². The molecule has 0 aliphatic rings. The van der Waals surface area contributed by atoms with Crippen LogP contribution in [0.2, 0.25) is 0 Å². The SMILES string of the molecule is Cc1ccc(NS(=O)(=O)c2cccc(C(=O)NCC(c3ccco3)N(C)C)c2)cc1. The molecule has 0 bridgehead atoms. The van der Waals surface area contributed by atoms with Crippen LogP contribution < -0.4 is 10.0 Å². The second kappa shape index (κ2) is 9.15. The molecule has 3 rings (SSSR count). The van der Waals surface area contributed by atoms with E-state index in [0.29, 0.717) is 12.2 Å². The Bertz CT molecular complexity index is 1090. The fourth-order valence-corrected chi connectivity index (χ4v) is 4.05. The number of sulfonamides is 1. The number of carbonyl (C=O) groups excluding carboxylic acids is 1. The third-order valence-electron chi connectivity index (χ3n) is 4.66. The number of aryl methyl sites for hydroxylation is 1. The Morgan fingerprint density at radius 1 is 1.07 bits per heavy atom. The average Bonchev–Trinajstić information content (AvgIpc) is 3.24. The Morgan fingerprint density at radius 3 is 2.43 bits per heavy atom. The van der Waals surface area contributed by atoms with Gasteiger partial charge in [0.2, 0.25) is 0 Å². The first-order valence-electron chi connectivity index (χ1n) is 9.44. The molecule has 0 radical (unpaired) electrons. The van der Waals surface area contributed by atoms with Gasteiger partial charge in [-0.1, -0.05) is 23.8 Å². The molecule has 1 amide bonds. The molecule has 1 heterocycles. The Labute approximate surface area is 176 Å². The Balaban J connectivity index is 1.72. The van der Waals surface area contributed by atoms with Crippen LogP contribution in [0.15, 0.2) is 76.2 Å². The fraction of sp³-hybridized carbons (Fsp3) is 0.227. The number of rotatable bonds is 8. The number of furan rings is 1. The summed E-state index contributed by atoms with van der Waals surface area (Å²) in [6.45, 7) is 2.24. The molecular formula is C22H25N3O4S. The molecule has 7 nitrogen and oxygen atoms in total. The lowest BCUT2D eigenvalue weighted by Crippen LogP contribution is -2.34. The van der Waals surface area contributed by atoms with E-state index in [0.717, 1.165) is 11.3 Å². The number of anilines is 1. The number of hydrogen-bond acceptors (Lipinski definition) is 5. The van der Waals surface area contributed by atoms with Gasteiger partial charge in [0.25, 0.3) is 15.9 Å². The quantitative estimate of drug-likeness (QED) is 0.575. The lowest BCUT2D eigenvalue weighted by Gasteiger charge is -2.22. The number of benzene rings is 2. The highest BCUT2D eigenvalue weighted by molar-refractivity contribution is 7.92. The van der Waals surface area contributed by atoms with Gasteiger partial charge in [0.15, 0.2) is 0 Å². The minimum atomic E-state index is -3.82. The highest BCUT2D eigenvalue weighted by Gasteiger charge is 2.20. The molecule has 1 atom stereocenters. The van der Waals surface area contributed by atoms with E-state index in [1.807, 2.05) is 44.1 Å². The zero-order chi connectivity index (χ0) is 21.7. The van der Waals surface area contributed by atoms with Crippen molar-refractivity contribution in [3.05, 3.63) is 83.8 Å². The predicted molar refractivity (Wildman–Crippen MR) is 116 cm³/mol. The Kier molecular flexibility index (Phi) is 6.59. The molecule has 158 valence electrons. The van der Waals surface area contributed by atoms with E-state index in [-0.39, 0.29) is 22.4 Å². The molecule has 0 saturated heterocycles. The van der Waals surface area contributed by atoms with Crippen molar-refractivity contribution in [1.29, 1.82) is 0 Å². The summed E-state index contributed by atoms with van der Waals surface area (Å²) in [5.41, 5.74) is 1.75. The van der Waals surface area contributed by atoms with Gasteiger partial charge in [-0.25, -0.2) is 8.42 Å². The van der Waals surface area contributed by atoms with Gasteiger partial charge in [0.1, 0.15) is 5.76 Å². The zero-order valence-corrected chi connectivity index (χ0v) is 17.9. The number of hydrogen-bond donors (Lipinski definition) is 2. The van der Waals surface area contributed by atoms with Gasteiger partial charge < -0.3 is 9.73 Å². The molecule has 2 aromatic carbocycles. The van der Waals surface area contributed by atoms with Crippen molar-refractivity contribution >= 4 is 21.6 Å². The third-order valence-corrected chi connectivity index (χ3v) is 6.04.